The Labute approximate surface area is 115 Å². The van der Waals surface area contributed by atoms with Gasteiger partial charge >= 0.3 is 11.9 Å². The highest BCUT2D eigenvalue weighted by atomic mass is 16.5. The van der Waals surface area contributed by atoms with Crippen LogP contribution >= 0.6 is 0 Å². The van der Waals surface area contributed by atoms with Crippen molar-refractivity contribution in [2.45, 2.75) is 6.92 Å². The standard InChI is InChI=1S/C15H12O5/c1-9-7-8-11(20-10-5-3-2-4-6-10)13(15(18)19)12(9)14(16)17/h2-8H,1H3,(H,16,17)(H,18,19). The van der Waals surface area contributed by atoms with Crippen molar-refractivity contribution in [3.8, 4) is 11.5 Å². The number of hydrogen-bond acceptors (Lipinski definition) is 3. The van der Waals surface area contributed by atoms with E-state index in [2.05, 4.69) is 0 Å². The Morgan fingerprint density at radius 2 is 1.50 bits per heavy atom. The summed E-state index contributed by atoms with van der Waals surface area (Å²) >= 11 is 0. The summed E-state index contributed by atoms with van der Waals surface area (Å²) in [7, 11) is 0. The second kappa shape index (κ2) is 5.44. The number of carbonyl (C=O) groups is 2. The van der Waals surface area contributed by atoms with Gasteiger partial charge in [0.05, 0.1) is 5.56 Å². The maximum Gasteiger partial charge on any atom is 0.340 e. The van der Waals surface area contributed by atoms with Gasteiger partial charge in [0.15, 0.2) is 0 Å². The number of ether oxygens (including phenoxy) is 1. The molecule has 0 atom stereocenters. The average Bonchev–Trinajstić information content (AvgIpc) is 2.41. The number of carboxylic acid groups (broad SMARTS) is 2. The number of aromatic carboxylic acids is 2. The summed E-state index contributed by atoms with van der Waals surface area (Å²) in [6, 6.07) is 11.6. The topological polar surface area (TPSA) is 83.8 Å². The SMILES string of the molecule is Cc1ccc(Oc2ccccc2)c(C(=O)O)c1C(=O)O. The maximum atomic E-state index is 11.3. The van der Waals surface area contributed by atoms with Crippen LogP contribution in [0.4, 0.5) is 0 Å². The van der Waals surface area contributed by atoms with Gasteiger partial charge in [-0.1, -0.05) is 24.3 Å². The van der Waals surface area contributed by atoms with E-state index >= 15 is 0 Å². The van der Waals surface area contributed by atoms with Crippen LogP contribution in [-0.4, -0.2) is 22.2 Å². The molecule has 102 valence electrons. The quantitative estimate of drug-likeness (QED) is 0.893. The molecule has 5 heteroatoms. The van der Waals surface area contributed by atoms with Crippen molar-refractivity contribution >= 4 is 11.9 Å². The molecule has 2 rings (SSSR count). The van der Waals surface area contributed by atoms with Gasteiger partial charge in [-0.05, 0) is 30.7 Å². The van der Waals surface area contributed by atoms with Crippen molar-refractivity contribution in [2.75, 3.05) is 0 Å². The molecule has 0 saturated carbocycles. The molecule has 0 spiro atoms. The molecule has 0 saturated heterocycles. The van der Waals surface area contributed by atoms with Crippen LogP contribution in [0.1, 0.15) is 26.3 Å². The van der Waals surface area contributed by atoms with Crippen LogP contribution in [0.5, 0.6) is 11.5 Å². The van der Waals surface area contributed by atoms with E-state index in [9.17, 15) is 14.7 Å². The average molecular weight is 272 g/mol. The van der Waals surface area contributed by atoms with Gasteiger partial charge in [0.1, 0.15) is 17.1 Å². The number of carboxylic acids is 2. The zero-order chi connectivity index (χ0) is 14.7. The lowest BCUT2D eigenvalue weighted by Crippen LogP contribution is -2.11. The summed E-state index contributed by atoms with van der Waals surface area (Å²) < 4.78 is 5.47. The Balaban J connectivity index is 2.56. The van der Waals surface area contributed by atoms with Crippen molar-refractivity contribution in [2.24, 2.45) is 0 Å². The van der Waals surface area contributed by atoms with Crippen molar-refractivity contribution in [3.63, 3.8) is 0 Å². The van der Waals surface area contributed by atoms with E-state index in [-0.39, 0.29) is 16.9 Å². The highest BCUT2D eigenvalue weighted by molar-refractivity contribution is 6.04. The summed E-state index contributed by atoms with van der Waals surface area (Å²) in [5.74, 6) is -2.18. The molecule has 2 N–H and O–H groups in total. The van der Waals surface area contributed by atoms with Crippen molar-refractivity contribution in [1.29, 1.82) is 0 Å². The molecular weight excluding hydrogens is 260 g/mol. The van der Waals surface area contributed by atoms with Crippen LogP contribution in [0.15, 0.2) is 42.5 Å². The van der Waals surface area contributed by atoms with Crippen molar-refractivity contribution in [1.82, 2.24) is 0 Å². The summed E-state index contributed by atoms with van der Waals surface area (Å²) in [6.07, 6.45) is 0. The molecule has 0 unspecified atom stereocenters. The fraction of sp³-hybridized carbons (Fsp3) is 0.0667. The molecule has 0 fully saturated rings. The lowest BCUT2D eigenvalue weighted by atomic mass is 10.0. The zero-order valence-corrected chi connectivity index (χ0v) is 10.7. The first kappa shape index (κ1) is 13.6. The van der Waals surface area contributed by atoms with E-state index < -0.39 is 11.9 Å². The van der Waals surface area contributed by atoms with Gasteiger partial charge in [0, 0.05) is 0 Å². The fourth-order valence-electron chi connectivity index (χ4n) is 1.88. The van der Waals surface area contributed by atoms with E-state index in [1.165, 1.54) is 12.1 Å². The highest BCUT2D eigenvalue weighted by Crippen LogP contribution is 2.29. The van der Waals surface area contributed by atoms with Crippen LogP contribution in [0.2, 0.25) is 0 Å². The number of aryl methyl sites for hydroxylation is 1. The molecular formula is C15H12O5. The van der Waals surface area contributed by atoms with Gasteiger partial charge in [0.2, 0.25) is 0 Å². The number of rotatable bonds is 4. The molecule has 0 aliphatic carbocycles. The van der Waals surface area contributed by atoms with Crippen LogP contribution in [-0.2, 0) is 0 Å². The van der Waals surface area contributed by atoms with E-state index in [0.717, 1.165) is 0 Å². The maximum absolute atomic E-state index is 11.3. The first-order valence-corrected chi connectivity index (χ1v) is 5.84. The molecule has 2 aromatic rings. The molecule has 0 aliphatic heterocycles. The predicted octanol–water partition coefficient (Wildman–Crippen LogP) is 3.18. The molecule has 0 aliphatic rings. The largest absolute Gasteiger partial charge is 0.478 e. The van der Waals surface area contributed by atoms with Gasteiger partial charge in [-0.2, -0.15) is 0 Å². The van der Waals surface area contributed by atoms with Gasteiger partial charge in [-0.3, -0.25) is 0 Å². The molecule has 2 aromatic carbocycles. The van der Waals surface area contributed by atoms with Crippen LogP contribution in [0.3, 0.4) is 0 Å². The number of hydrogen-bond donors (Lipinski definition) is 2. The normalized spacial score (nSPS) is 10.1. The Morgan fingerprint density at radius 1 is 0.900 bits per heavy atom. The van der Waals surface area contributed by atoms with Gasteiger partial charge in [-0.15, -0.1) is 0 Å². The molecule has 0 amide bonds. The molecule has 5 nitrogen and oxygen atoms in total. The smallest absolute Gasteiger partial charge is 0.340 e. The predicted molar refractivity (Wildman–Crippen MR) is 71.6 cm³/mol. The van der Waals surface area contributed by atoms with E-state index in [1.807, 2.05) is 0 Å². The molecule has 20 heavy (non-hydrogen) atoms. The first-order chi connectivity index (χ1) is 9.50. The Bertz CT molecular complexity index is 661. The monoisotopic (exact) mass is 272 g/mol. The van der Waals surface area contributed by atoms with Crippen molar-refractivity contribution < 1.29 is 24.5 Å². The molecule has 0 heterocycles. The van der Waals surface area contributed by atoms with Gasteiger partial charge in [0.25, 0.3) is 0 Å². The summed E-state index contributed by atoms with van der Waals surface area (Å²) in [4.78, 5) is 22.6. The summed E-state index contributed by atoms with van der Waals surface area (Å²) in [6.45, 7) is 1.54. The summed E-state index contributed by atoms with van der Waals surface area (Å²) in [5, 5.41) is 18.4. The third-order valence-corrected chi connectivity index (χ3v) is 2.77. The van der Waals surface area contributed by atoms with E-state index in [1.54, 1.807) is 37.3 Å². The molecule has 0 aromatic heterocycles. The molecule has 0 radical (unpaired) electrons. The second-order valence-electron chi connectivity index (χ2n) is 4.16. The number of para-hydroxylation sites is 1. The van der Waals surface area contributed by atoms with Crippen LogP contribution in [0.25, 0.3) is 0 Å². The zero-order valence-electron chi connectivity index (χ0n) is 10.7. The van der Waals surface area contributed by atoms with Crippen LogP contribution in [0, 0.1) is 6.92 Å². The molecule has 0 bridgehead atoms. The van der Waals surface area contributed by atoms with E-state index in [0.29, 0.717) is 11.3 Å². The Kier molecular flexibility index (Phi) is 3.70. The Morgan fingerprint density at radius 3 is 2.05 bits per heavy atom. The minimum absolute atomic E-state index is 0.00620. The minimum Gasteiger partial charge on any atom is -0.478 e. The third-order valence-electron chi connectivity index (χ3n) is 2.77. The first-order valence-electron chi connectivity index (χ1n) is 5.84. The lowest BCUT2D eigenvalue weighted by molar-refractivity contribution is 0.0648. The van der Waals surface area contributed by atoms with Gasteiger partial charge < -0.3 is 14.9 Å². The lowest BCUT2D eigenvalue weighted by Gasteiger charge is -2.12. The van der Waals surface area contributed by atoms with E-state index in [4.69, 9.17) is 9.84 Å². The summed E-state index contributed by atoms with van der Waals surface area (Å²) in [5.41, 5.74) is -0.234. The van der Waals surface area contributed by atoms with Crippen LogP contribution < -0.4 is 4.74 Å². The highest BCUT2D eigenvalue weighted by Gasteiger charge is 2.23. The van der Waals surface area contributed by atoms with Gasteiger partial charge in [-0.25, -0.2) is 9.59 Å². The minimum atomic E-state index is -1.34. The third kappa shape index (κ3) is 2.61. The Hall–Kier alpha value is -2.82. The van der Waals surface area contributed by atoms with Crippen molar-refractivity contribution in [3.05, 3.63) is 59.2 Å². The second-order valence-corrected chi connectivity index (χ2v) is 4.16. The fourth-order valence-corrected chi connectivity index (χ4v) is 1.88. The number of benzene rings is 2.